The third kappa shape index (κ3) is 2.55. The molecule has 1 N–H and O–H groups in total. The summed E-state index contributed by atoms with van der Waals surface area (Å²) in [4.78, 5) is 8.82. The zero-order chi connectivity index (χ0) is 12.1. The van der Waals surface area contributed by atoms with Gasteiger partial charge in [-0.25, -0.2) is 0 Å². The fraction of sp³-hybridized carbons (Fsp3) is 0.333. The van der Waals surface area contributed by atoms with E-state index in [1.54, 1.807) is 12.1 Å². The van der Waals surface area contributed by atoms with Crippen molar-refractivity contribution in [2.45, 2.75) is 6.42 Å². The fourth-order valence-electron chi connectivity index (χ4n) is 1.57. The first-order valence-corrected chi connectivity index (χ1v) is 5.39. The van der Waals surface area contributed by atoms with Crippen LogP contribution in [0.25, 0.3) is 0 Å². The van der Waals surface area contributed by atoms with Crippen molar-refractivity contribution in [3.05, 3.63) is 29.3 Å². The topological polar surface area (TPSA) is 63.4 Å². The Kier molecular flexibility index (Phi) is 3.59. The monoisotopic (exact) mass is 234 g/mol. The van der Waals surface area contributed by atoms with Crippen molar-refractivity contribution in [2.75, 3.05) is 20.3 Å². The largest absolute Gasteiger partial charge is 0.506 e. The quantitative estimate of drug-likeness (QED) is 0.637. The number of hydrogen-bond donors (Lipinski definition) is 1. The molecule has 1 heterocycles. The van der Waals surface area contributed by atoms with Crippen molar-refractivity contribution in [1.29, 1.82) is 0 Å². The Morgan fingerprint density at radius 2 is 2.41 bits per heavy atom. The second-order valence-corrected chi connectivity index (χ2v) is 3.55. The molecule has 1 aliphatic rings. The predicted octanol–water partition coefficient (Wildman–Crippen LogP) is 1.54. The van der Waals surface area contributed by atoms with Gasteiger partial charge in [-0.05, 0) is 12.1 Å². The van der Waals surface area contributed by atoms with E-state index in [9.17, 15) is 5.11 Å². The standard InChI is InChI=1S/C12H14N2O3/c1-16-14-8-9-4-2-5-10(11(9)15)12-13-6-3-7-17-12/h2,4-5,8,15H,3,6-7H2,1H3/b14-8+. The van der Waals surface area contributed by atoms with Crippen LogP contribution in [0.2, 0.25) is 0 Å². The molecule has 0 fully saturated rings. The van der Waals surface area contributed by atoms with E-state index in [0.29, 0.717) is 23.6 Å². The summed E-state index contributed by atoms with van der Waals surface area (Å²) >= 11 is 0. The van der Waals surface area contributed by atoms with Crippen LogP contribution in [0.1, 0.15) is 17.5 Å². The highest BCUT2D eigenvalue weighted by atomic mass is 16.6. The smallest absolute Gasteiger partial charge is 0.219 e. The molecule has 1 aromatic carbocycles. The van der Waals surface area contributed by atoms with Crippen molar-refractivity contribution >= 4 is 12.1 Å². The summed E-state index contributed by atoms with van der Waals surface area (Å²) < 4.78 is 5.42. The molecular weight excluding hydrogens is 220 g/mol. The van der Waals surface area contributed by atoms with Crippen LogP contribution in [-0.2, 0) is 9.57 Å². The van der Waals surface area contributed by atoms with E-state index in [1.165, 1.54) is 13.3 Å². The number of para-hydroxylation sites is 1. The summed E-state index contributed by atoms with van der Waals surface area (Å²) in [6.45, 7) is 1.36. The second kappa shape index (κ2) is 5.34. The van der Waals surface area contributed by atoms with Crippen molar-refractivity contribution in [3.63, 3.8) is 0 Å². The van der Waals surface area contributed by atoms with Gasteiger partial charge in [0.2, 0.25) is 5.90 Å². The van der Waals surface area contributed by atoms with Crippen molar-refractivity contribution < 1.29 is 14.7 Å². The van der Waals surface area contributed by atoms with E-state index in [1.807, 2.05) is 6.07 Å². The van der Waals surface area contributed by atoms with Gasteiger partial charge >= 0.3 is 0 Å². The summed E-state index contributed by atoms with van der Waals surface area (Å²) in [5, 5.41) is 13.7. The first-order chi connectivity index (χ1) is 8.33. The van der Waals surface area contributed by atoms with Gasteiger partial charge in [-0.3, -0.25) is 4.99 Å². The van der Waals surface area contributed by atoms with Crippen molar-refractivity contribution in [1.82, 2.24) is 0 Å². The molecule has 2 rings (SSSR count). The van der Waals surface area contributed by atoms with E-state index in [4.69, 9.17) is 4.74 Å². The molecule has 0 bridgehead atoms. The molecule has 0 saturated heterocycles. The zero-order valence-corrected chi connectivity index (χ0v) is 9.59. The Labute approximate surface area is 99.4 Å². The number of hydrogen-bond acceptors (Lipinski definition) is 5. The summed E-state index contributed by atoms with van der Waals surface area (Å²) in [6.07, 6.45) is 2.36. The Balaban J connectivity index is 2.34. The highest BCUT2D eigenvalue weighted by Crippen LogP contribution is 2.23. The number of aliphatic imine (C=N–C) groups is 1. The third-order valence-electron chi connectivity index (χ3n) is 2.39. The second-order valence-electron chi connectivity index (χ2n) is 3.55. The van der Waals surface area contributed by atoms with E-state index in [0.717, 1.165) is 13.0 Å². The van der Waals surface area contributed by atoms with Crippen LogP contribution in [0.5, 0.6) is 5.75 Å². The number of benzene rings is 1. The summed E-state index contributed by atoms with van der Waals surface area (Å²) in [5.41, 5.74) is 1.16. The maximum Gasteiger partial charge on any atom is 0.219 e. The highest BCUT2D eigenvalue weighted by Gasteiger charge is 2.15. The minimum atomic E-state index is 0.106. The lowest BCUT2D eigenvalue weighted by molar-refractivity contribution is 0.215. The minimum Gasteiger partial charge on any atom is -0.506 e. The van der Waals surface area contributed by atoms with Gasteiger partial charge in [-0.2, -0.15) is 0 Å². The van der Waals surface area contributed by atoms with Gasteiger partial charge in [-0.1, -0.05) is 11.2 Å². The number of oxime groups is 1. The Morgan fingerprint density at radius 3 is 3.12 bits per heavy atom. The number of phenolic OH excluding ortho intramolecular Hbond substituents is 1. The fourth-order valence-corrected chi connectivity index (χ4v) is 1.57. The number of aromatic hydroxyl groups is 1. The van der Waals surface area contributed by atoms with Gasteiger partial charge in [0.05, 0.1) is 18.4 Å². The Bertz CT molecular complexity index is 455. The van der Waals surface area contributed by atoms with Gasteiger partial charge in [-0.15, -0.1) is 0 Å². The molecule has 5 nitrogen and oxygen atoms in total. The van der Waals surface area contributed by atoms with Crippen LogP contribution >= 0.6 is 0 Å². The maximum atomic E-state index is 10.1. The van der Waals surface area contributed by atoms with Crippen LogP contribution in [0.3, 0.4) is 0 Å². The van der Waals surface area contributed by atoms with E-state index < -0.39 is 0 Å². The Hall–Kier alpha value is -2.04. The third-order valence-corrected chi connectivity index (χ3v) is 2.39. The average Bonchev–Trinajstić information content (AvgIpc) is 2.39. The molecule has 0 unspecified atom stereocenters. The first-order valence-electron chi connectivity index (χ1n) is 5.39. The molecule has 0 aliphatic carbocycles. The van der Waals surface area contributed by atoms with Gasteiger partial charge in [0.1, 0.15) is 12.9 Å². The average molecular weight is 234 g/mol. The molecule has 90 valence electrons. The normalized spacial score (nSPS) is 15.5. The SMILES string of the molecule is CO/N=C/c1cccc(C2=NCCCO2)c1O. The van der Waals surface area contributed by atoms with Crippen LogP contribution in [0.4, 0.5) is 0 Å². The zero-order valence-electron chi connectivity index (χ0n) is 9.59. The molecule has 0 amide bonds. The molecule has 17 heavy (non-hydrogen) atoms. The number of ether oxygens (including phenoxy) is 1. The molecule has 0 spiro atoms. The molecular formula is C12H14N2O3. The van der Waals surface area contributed by atoms with Crippen LogP contribution in [0.15, 0.2) is 28.3 Å². The lowest BCUT2D eigenvalue weighted by Crippen LogP contribution is -2.15. The molecule has 0 aromatic heterocycles. The highest BCUT2D eigenvalue weighted by molar-refractivity contribution is 6.00. The van der Waals surface area contributed by atoms with Gasteiger partial charge in [0.15, 0.2) is 0 Å². The number of nitrogens with zero attached hydrogens (tertiary/aromatic N) is 2. The Morgan fingerprint density at radius 1 is 1.53 bits per heavy atom. The van der Waals surface area contributed by atoms with E-state index in [-0.39, 0.29) is 5.75 Å². The summed E-state index contributed by atoms with van der Waals surface area (Å²) in [7, 11) is 1.45. The predicted molar refractivity (Wildman–Crippen MR) is 64.7 cm³/mol. The van der Waals surface area contributed by atoms with Crippen molar-refractivity contribution in [2.24, 2.45) is 10.1 Å². The molecule has 5 heteroatoms. The van der Waals surface area contributed by atoms with Gasteiger partial charge in [0.25, 0.3) is 0 Å². The molecule has 1 aromatic rings. The summed E-state index contributed by atoms with van der Waals surface area (Å²) in [6, 6.07) is 5.32. The van der Waals surface area contributed by atoms with E-state index >= 15 is 0 Å². The molecule has 0 atom stereocenters. The maximum absolute atomic E-state index is 10.1. The number of phenols is 1. The number of rotatable bonds is 3. The molecule has 0 radical (unpaired) electrons. The minimum absolute atomic E-state index is 0.106. The summed E-state index contributed by atoms with van der Waals surface area (Å²) in [5.74, 6) is 0.593. The lowest BCUT2D eigenvalue weighted by Gasteiger charge is -2.15. The van der Waals surface area contributed by atoms with Gasteiger partial charge in [0, 0.05) is 18.5 Å². The van der Waals surface area contributed by atoms with Crippen LogP contribution < -0.4 is 0 Å². The molecule has 0 saturated carbocycles. The van der Waals surface area contributed by atoms with Gasteiger partial charge < -0.3 is 14.7 Å². The van der Waals surface area contributed by atoms with E-state index in [2.05, 4.69) is 15.0 Å². The first kappa shape index (κ1) is 11.4. The molecule has 1 aliphatic heterocycles. The van der Waals surface area contributed by atoms with Crippen molar-refractivity contribution in [3.8, 4) is 5.75 Å². The van der Waals surface area contributed by atoms with Crippen LogP contribution in [0, 0.1) is 0 Å². The lowest BCUT2D eigenvalue weighted by atomic mass is 10.1. The van der Waals surface area contributed by atoms with Crippen LogP contribution in [-0.4, -0.2) is 37.5 Å².